The molecule has 1 saturated carbocycles. The number of carbonyl (C=O) groups excluding carboxylic acids is 2. The number of aliphatic hydroxyl groups is 3. The van der Waals surface area contributed by atoms with E-state index in [1.807, 2.05) is 0 Å². The van der Waals surface area contributed by atoms with Gasteiger partial charge in [0, 0.05) is 0 Å². The molecule has 5 atom stereocenters. The number of allylic oxidation sites excluding steroid dienone is 1. The van der Waals surface area contributed by atoms with Crippen molar-refractivity contribution in [1.82, 2.24) is 0 Å². The number of esters is 1. The fourth-order valence-corrected chi connectivity index (χ4v) is 3.46. The van der Waals surface area contributed by atoms with E-state index >= 15 is 0 Å². The maximum Gasteiger partial charge on any atom is 0.346 e. The Hall–Kier alpha value is -1.70. The number of hydrogen-bond donors (Lipinski definition) is 3. The highest BCUT2D eigenvalue weighted by molar-refractivity contribution is 6.08. The number of hydrogen-bond acceptors (Lipinski definition) is 7. The van der Waals surface area contributed by atoms with E-state index in [-0.39, 0.29) is 11.3 Å². The molecule has 0 aromatic rings. The third kappa shape index (κ3) is 1.93. The zero-order valence-electron chi connectivity index (χ0n) is 12.1. The van der Waals surface area contributed by atoms with E-state index in [1.54, 1.807) is 0 Å². The maximum absolute atomic E-state index is 12.8. The number of ketones is 1. The van der Waals surface area contributed by atoms with Gasteiger partial charge in [0.05, 0.1) is 24.7 Å². The minimum absolute atomic E-state index is 0.0542. The zero-order valence-corrected chi connectivity index (χ0v) is 12.1. The highest BCUT2D eigenvalue weighted by Crippen LogP contribution is 2.43. The number of ether oxygens (including phenoxy) is 2. The fourth-order valence-electron chi connectivity index (χ4n) is 3.46. The van der Waals surface area contributed by atoms with Gasteiger partial charge in [0.1, 0.15) is 18.0 Å². The summed E-state index contributed by atoms with van der Waals surface area (Å²) in [5.74, 6) is -2.51. The van der Waals surface area contributed by atoms with Crippen LogP contribution in [0.3, 0.4) is 0 Å². The van der Waals surface area contributed by atoms with Crippen molar-refractivity contribution in [1.29, 1.82) is 0 Å². The molecule has 3 N–H and O–H groups in total. The maximum atomic E-state index is 12.8. The Labute approximate surface area is 126 Å². The molecule has 0 radical (unpaired) electrons. The van der Waals surface area contributed by atoms with E-state index in [2.05, 4.69) is 4.74 Å². The van der Waals surface area contributed by atoms with Crippen LogP contribution in [0.5, 0.6) is 0 Å². The van der Waals surface area contributed by atoms with Gasteiger partial charge < -0.3 is 24.8 Å². The van der Waals surface area contributed by atoms with Crippen molar-refractivity contribution in [2.75, 3.05) is 7.11 Å². The molecule has 0 amide bonds. The molecule has 3 unspecified atom stereocenters. The first-order valence-electron chi connectivity index (χ1n) is 7.22. The standard InChI is InChI=1S/C15H18O7/c1-21-14(19)15(20)10(17)6-5-9-12(15)13(18)11-7(16)3-2-4-8(11)22-9/h5-8,10-11,16-17,20H,2-4H2,1H3/t7?,8?,10-,11?,15+/m1/s1. The largest absolute Gasteiger partial charge is 0.489 e. The van der Waals surface area contributed by atoms with Crippen LogP contribution >= 0.6 is 0 Å². The summed E-state index contributed by atoms with van der Waals surface area (Å²) in [6.07, 6.45) is 1.33. The molecule has 0 bridgehead atoms. The van der Waals surface area contributed by atoms with Crippen LogP contribution in [-0.4, -0.2) is 58.1 Å². The second kappa shape index (κ2) is 5.19. The molecule has 7 heteroatoms. The van der Waals surface area contributed by atoms with Gasteiger partial charge in [-0.3, -0.25) is 4.79 Å². The molecule has 22 heavy (non-hydrogen) atoms. The van der Waals surface area contributed by atoms with Crippen LogP contribution in [0.2, 0.25) is 0 Å². The highest BCUT2D eigenvalue weighted by atomic mass is 16.5. The Morgan fingerprint density at radius 1 is 1.41 bits per heavy atom. The lowest BCUT2D eigenvalue weighted by molar-refractivity contribution is -0.171. The van der Waals surface area contributed by atoms with Crippen LogP contribution in [0.1, 0.15) is 19.3 Å². The van der Waals surface area contributed by atoms with Crippen molar-refractivity contribution in [3.63, 3.8) is 0 Å². The van der Waals surface area contributed by atoms with Gasteiger partial charge in [0.2, 0.25) is 5.60 Å². The summed E-state index contributed by atoms with van der Waals surface area (Å²) in [4.78, 5) is 24.7. The molecule has 1 aliphatic heterocycles. The van der Waals surface area contributed by atoms with Crippen molar-refractivity contribution < 1.29 is 34.4 Å². The lowest BCUT2D eigenvalue weighted by atomic mass is 9.71. The minimum Gasteiger partial charge on any atom is -0.489 e. The Morgan fingerprint density at radius 3 is 2.82 bits per heavy atom. The molecule has 3 aliphatic rings. The molecule has 0 aromatic heterocycles. The molecule has 7 nitrogen and oxygen atoms in total. The number of methoxy groups -OCH3 is 1. The molecule has 0 saturated heterocycles. The van der Waals surface area contributed by atoms with E-state index in [9.17, 15) is 24.9 Å². The Balaban J connectivity index is 2.10. The average Bonchev–Trinajstić information content (AvgIpc) is 2.50. The zero-order chi connectivity index (χ0) is 16.1. The van der Waals surface area contributed by atoms with Crippen LogP contribution in [0.25, 0.3) is 0 Å². The van der Waals surface area contributed by atoms with Gasteiger partial charge in [-0.25, -0.2) is 4.79 Å². The molecule has 1 heterocycles. The first-order valence-corrected chi connectivity index (χ1v) is 7.22. The van der Waals surface area contributed by atoms with Crippen molar-refractivity contribution >= 4 is 11.8 Å². The summed E-state index contributed by atoms with van der Waals surface area (Å²) < 4.78 is 10.2. The average molecular weight is 310 g/mol. The van der Waals surface area contributed by atoms with E-state index in [4.69, 9.17) is 4.74 Å². The van der Waals surface area contributed by atoms with Crippen LogP contribution in [-0.2, 0) is 19.1 Å². The lowest BCUT2D eigenvalue weighted by Crippen LogP contribution is -2.59. The predicted octanol–water partition coefficient (Wildman–Crippen LogP) is -0.796. The third-order valence-corrected chi connectivity index (χ3v) is 4.61. The smallest absolute Gasteiger partial charge is 0.346 e. The van der Waals surface area contributed by atoms with Crippen molar-refractivity contribution in [2.24, 2.45) is 5.92 Å². The minimum atomic E-state index is -2.52. The number of Topliss-reactive ketones (excluding diaryl/α,β-unsaturated/α-hetero) is 1. The second-order valence-electron chi connectivity index (χ2n) is 5.85. The first-order chi connectivity index (χ1) is 10.4. The van der Waals surface area contributed by atoms with Gasteiger partial charge >= 0.3 is 5.97 Å². The van der Waals surface area contributed by atoms with E-state index in [1.165, 1.54) is 12.2 Å². The molecule has 0 aromatic carbocycles. The molecular formula is C15H18O7. The monoisotopic (exact) mass is 310 g/mol. The number of rotatable bonds is 1. The van der Waals surface area contributed by atoms with Crippen molar-refractivity contribution in [3.05, 3.63) is 23.5 Å². The van der Waals surface area contributed by atoms with Crippen LogP contribution in [0, 0.1) is 5.92 Å². The summed E-state index contributed by atoms with van der Waals surface area (Å²) in [6, 6.07) is 0. The molecule has 1 fully saturated rings. The lowest BCUT2D eigenvalue weighted by Gasteiger charge is -2.43. The van der Waals surface area contributed by atoms with Gasteiger partial charge in [-0.1, -0.05) is 0 Å². The Kier molecular flexibility index (Phi) is 3.58. The van der Waals surface area contributed by atoms with Crippen LogP contribution in [0.15, 0.2) is 23.5 Å². The van der Waals surface area contributed by atoms with Crippen molar-refractivity contribution in [2.45, 2.75) is 43.2 Å². The molecule has 2 aliphatic carbocycles. The third-order valence-electron chi connectivity index (χ3n) is 4.61. The summed E-state index contributed by atoms with van der Waals surface area (Å²) in [7, 11) is 1.05. The summed E-state index contributed by atoms with van der Waals surface area (Å²) in [5, 5.41) is 30.7. The molecule has 120 valence electrons. The van der Waals surface area contributed by atoms with Gasteiger partial charge in [0.15, 0.2) is 5.78 Å². The van der Waals surface area contributed by atoms with E-state index in [0.29, 0.717) is 12.8 Å². The van der Waals surface area contributed by atoms with Crippen molar-refractivity contribution in [3.8, 4) is 0 Å². The Morgan fingerprint density at radius 2 is 2.14 bits per heavy atom. The first kappa shape index (κ1) is 15.2. The summed E-state index contributed by atoms with van der Waals surface area (Å²) in [6.45, 7) is 0. The van der Waals surface area contributed by atoms with Gasteiger partial charge in [-0.15, -0.1) is 0 Å². The molecule has 3 rings (SSSR count). The van der Waals surface area contributed by atoms with Crippen LogP contribution in [0.4, 0.5) is 0 Å². The Bertz CT molecular complexity index is 578. The fraction of sp³-hybridized carbons (Fsp3) is 0.600. The SMILES string of the molecule is COC(=O)[C@@]1(O)C2=C(C=C[C@H]1O)OC1CCCC(O)C1C2=O. The normalized spacial score (nSPS) is 40.6. The number of aliphatic hydroxyl groups excluding tert-OH is 2. The summed E-state index contributed by atoms with van der Waals surface area (Å²) >= 11 is 0. The topological polar surface area (TPSA) is 113 Å². The summed E-state index contributed by atoms with van der Waals surface area (Å²) in [5.41, 5.74) is -2.85. The quantitative estimate of drug-likeness (QED) is 0.544. The van der Waals surface area contributed by atoms with Gasteiger partial charge in [0.25, 0.3) is 0 Å². The highest BCUT2D eigenvalue weighted by Gasteiger charge is 2.58. The predicted molar refractivity (Wildman–Crippen MR) is 72.4 cm³/mol. The van der Waals surface area contributed by atoms with E-state index < -0.39 is 41.6 Å². The second-order valence-corrected chi connectivity index (χ2v) is 5.85. The molecular weight excluding hydrogens is 292 g/mol. The molecule has 0 spiro atoms. The van der Waals surface area contributed by atoms with Gasteiger partial charge in [-0.2, -0.15) is 0 Å². The number of fused-ring (bicyclic) bond motifs is 1. The number of carbonyl (C=O) groups is 2. The van der Waals surface area contributed by atoms with Gasteiger partial charge in [-0.05, 0) is 31.4 Å². The van der Waals surface area contributed by atoms with Crippen LogP contribution < -0.4 is 0 Å². The van der Waals surface area contributed by atoms with E-state index in [0.717, 1.165) is 13.5 Å².